The van der Waals surface area contributed by atoms with Crippen molar-refractivity contribution in [3.05, 3.63) is 0 Å². The van der Waals surface area contributed by atoms with E-state index in [-0.39, 0.29) is 21.7 Å². The minimum absolute atomic E-state index is 0.00771. The van der Waals surface area contributed by atoms with Crippen molar-refractivity contribution in [2.45, 2.75) is 20.7 Å². The third-order valence-electron chi connectivity index (χ3n) is 2.12. The van der Waals surface area contributed by atoms with Crippen molar-refractivity contribution in [3.63, 3.8) is 0 Å². The van der Waals surface area contributed by atoms with Crippen molar-refractivity contribution in [2.24, 2.45) is 5.92 Å². The summed E-state index contributed by atoms with van der Waals surface area (Å²) in [6, 6.07) is 0. The Bertz CT molecular complexity index is 218. The summed E-state index contributed by atoms with van der Waals surface area (Å²) in [5.41, 5.74) is 0. The van der Waals surface area contributed by atoms with Crippen LogP contribution in [0.5, 0.6) is 0 Å². The fourth-order valence-corrected chi connectivity index (χ4v) is 4.27. The Balaban J connectivity index is 2.20. The molecule has 62 valence electrons. The van der Waals surface area contributed by atoms with E-state index in [1.54, 1.807) is 0 Å². The van der Waals surface area contributed by atoms with E-state index >= 15 is 0 Å². The molecule has 0 aromatic heterocycles. The number of fused-ring (bicyclic) bond motifs is 1. The van der Waals surface area contributed by atoms with Gasteiger partial charge in [-0.1, -0.05) is 23.2 Å². The van der Waals surface area contributed by atoms with E-state index in [0.717, 1.165) is 6.42 Å². The normalized spacial score (nSPS) is 46.8. The average Bonchev–Trinajstić information content (AvgIpc) is 2.29. The van der Waals surface area contributed by atoms with E-state index in [1.807, 2.05) is 0 Å². The van der Waals surface area contributed by atoms with Crippen LogP contribution in [0.25, 0.3) is 0 Å². The molecule has 2 fully saturated rings. The van der Waals surface area contributed by atoms with Crippen molar-refractivity contribution in [3.8, 4) is 0 Å². The predicted octanol–water partition coefficient (Wildman–Crippen LogP) is 2.43. The van der Waals surface area contributed by atoms with E-state index < -0.39 is 4.33 Å². The van der Waals surface area contributed by atoms with Gasteiger partial charge >= 0.3 is 0 Å². The van der Waals surface area contributed by atoms with Crippen LogP contribution < -0.4 is 0 Å². The molecular formula is C6H5Cl3OS. The maximum absolute atomic E-state index is 11.2. The monoisotopic (exact) mass is 230 g/mol. The number of hydrogen-bond donors (Lipinski definition) is 0. The van der Waals surface area contributed by atoms with Crippen LogP contribution >= 0.6 is 46.6 Å². The zero-order valence-electron chi connectivity index (χ0n) is 5.39. The van der Waals surface area contributed by atoms with Crippen LogP contribution in [0.1, 0.15) is 6.42 Å². The largest absolute Gasteiger partial charge is 0.296 e. The zero-order valence-corrected chi connectivity index (χ0v) is 8.47. The van der Waals surface area contributed by atoms with Gasteiger partial charge in [0.1, 0.15) is 0 Å². The minimum Gasteiger partial charge on any atom is -0.296 e. The average molecular weight is 232 g/mol. The third-order valence-corrected chi connectivity index (χ3v) is 5.17. The highest BCUT2D eigenvalue weighted by molar-refractivity contribution is 8.02. The number of rotatable bonds is 0. The van der Waals surface area contributed by atoms with Crippen LogP contribution in [0.15, 0.2) is 0 Å². The molecule has 0 radical (unpaired) electrons. The minimum atomic E-state index is -1.15. The Morgan fingerprint density at radius 1 is 1.55 bits per heavy atom. The van der Waals surface area contributed by atoms with Gasteiger partial charge in [0.15, 0.2) is 10.1 Å². The molecule has 0 N–H and O–H groups in total. The molecule has 3 atom stereocenters. The van der Waals surface area contributed by atoms with Gasteiger partial charge in [0.2, 0.25) is 0 Å². The first-order valence-corrected chi connectivity index (χ1v) is 5.38. The molecule has 1 nitrogen and oxygen atoms in total. The molecule has 2 rings (SSSR count). The van der Waals surface area contributed by atoms with Crippen LogP contribution in [-0.4, -0.2) is 20.1 Å². The number of carbonyl (C=O) groups is 1. The number of thioether (sulfide) groups is 1. The van der Waals surface area contributed by atoms with Gasteiger partial charge in [-0.2, -0.15) is 0 Å². The van der Waals surface area contributed by atoms with Crippen LogP contribution in [0.4, 0.5) is 0 Å². The first-order chi connectivity index (χ1) is 5.03. The molecule has 0 aromatic carbocycles. The molecule has 1 saturated carbocycles. The molecular weight excluding hydrogens is 226 g/mol. The fourth-order valence-electron chi connectivity index (χ4n) is 1.51. The van der Waals surface area contributed by atoms with Crippen LogP contribution in [-0.2, 0) is 4.79 Å². The maximum atomic E-state index is 11.2. The summed E-state index contributed by atoms with van der Waals surface area (Å²) in [5, 5.41) is 0.0285. The third kappa shape index (κ3) is 1.03. The SMILES string of the molecule is O=C1[C@@H]2C[C@H](Cl)S[C@@H]2C1(Cl)Cl. The number of halogens is 3. The highest BCUT2D eigenvalue weighted by Gasteiger charge is 2.64. The summed E-state index contributed by atoms with van der Waals surface area (Å²) < 4.78 is -1.15. The van der Waals surface area contributed by atoms with Crippen molar-refractivity contribution in [1.29, 1.82) is 0 Å². The molecule has 1 aliphatic heterocycles. The summed E-state index contributed by atoms with van der Waals surface area (Å²) in [6.07, 6.45) is 0.719. The standard InChI is InChI=1S/C6H5Cl3OS/c7-3-1-2-4(10)6(8,9)5(2)11-3/h2-3,5H,1H2/t2-,3+,5-/m0/s1. The zero-order chi connectivity index (χ0) is 8.22. The Morgan fingerprint density at radius 3 is 2.73 bits per heavy atom. The number of alkyl halides is 3. The van der Waals surface area contributed by atoms with E-state index in [9.17, 15) is 4.79 Å². The van der Waals surface area contributed by atoms with Gasteiger partial charge in [-0.05, 0) is 6.42 Å². The summed E-state index contributed by atoms with van der Waals surface area (Å²) >= 11 is 18.8. The van der Waals surface area contributed by atoms with Gasteiger partial charge in [0.25, 0.3) is 0 Å². The van der Waals surface area contributed by atoms with Crippen molar-refractivity contribution < 1.29 is 4.79 Å². The first kappa shape index (κ1) is 8.49. The molecule has 0 bridgehead atoms. The molecule has 2 aliphatic rings. The van der Waals surface area contributed by atoms with Crippen molar-refractivity contribution in [1.82, 2.24) is 0 Å². The highest BCUT2D eigenvalue weighted by Crippen LogP contribution is 2.58. The van der Waals surface area contributed by atoms with Crippen molar-refractivity contribution in [2.75, 3.05) is 0 Å². The quantitative estimate of drug-likeness (QED) is 0.596. The molecule has 1 heterocycles. The molecule has 0 aromatic rings. The maximum Gasteiger partial charge on any atom is 0.188 e. The van der Waals surface area contributed by atoms with Gasteiger partial charge in [-0.3, -0.25) is 4.79 Å². The second kappa shape index (κ2) is 2.44. The number of hydrogen-bond acceptors (Lipinski definition) is 2. The van der Waals surface area contributed by atoms with Crippen LogP contribution in [0, 0.1) is 5.92 Å². The predicted molar refractivity (Wildman–Crippen MR) is 48.6 cm³/mol. The lowest BCUT2D eigenvalue weighted by Gasteiger charge is -2.39. The molecule has 1 aliphatic carbocycles. The Labute approximate surface area is 83.7 Å². The van der Waals surface area contributed by atoms with Gasteiger partial charge in [0.05, 0.1) is 9.96 Å². The van der Waals surface area contributed by atoms with Gasteiger partial charge in [-0.15, -0.1) is 23.4 Å². The van der Waals surface area contributed by atoms with E-state index in [1.165, 1.54) is 11.8 Å². The van der Waals surface area contributed by atoms with E-state index in [0.29, 0.717) is 0 Å². The summed E-state index contributed by atoms with van der Waals surface area (Å²) in [6.45, 7) is 0. The molecule has 5 heteroatoms. The lowest BCUT2D eigenvalue weighted by Crippen LogP contribution is -2.56. The lowest BCUT2D eigenvalue weighted by atomic mass is 9.80. The fraction of sp³-hybridized carbons (Fsp3) is 0.833. The smallest absolute Gasteiger partial charge is 0.188 e. The number of carbonyl (C=O) groups excluding carboxylic acids is 1. The van der Waals surface area contributed by atoms with E-state index in [2.05, 4.69) is 0 Å². The lowest BCUT2D eigenvalue weighted by molar-refractivity contribution is -0.129. The summed E-state index contributed by atoms with van der Waals surface area (Å²) in [7, 11) is 0. The van der Waals surface area contributed by atoms with E-state index in [4.69, 9.17) is 34.8 Å². The first-order valence-electron chi connectivity index (χ1n) is 3.25. The number of ketones is 1. The Kier molecular flexibility index (Phi) is 1.88. The molecule has 0 amide bonds. The Hall–Kier alpha value is 0.890. The second-order valence-corrected chi connectivity index (χ2v) is 6.32. The van der Waals surface area contributed by atoms with Gasteiger partial charge < -0.3 is 0 Å². The Morgan fingerprint density at radius 2 is 2.18 bits per heavy atom. The number of Topliss-reactive ketones (excluding diaryl/α,β-unsaturated/α-hetero) is 1. The highest BCUT2D eigenvalue weighted by atomic mass is 35.5. The van der Waals surface area contributed by atoms with Gasteiger partial charge in [-0.25, -0.2) is 0 Å². The molecule has 0 spiro atoms. The molecule has 0 unspecified atom stereocenters. The molecule has 11 heavy (non-hydrogen) atoms. The molecule has 1 saturated heterocycles. The second-order valence-electron chi connectivity index (χ2n) is 2.80. The van der Waals surface area contributed by atoms with Gasteiger partial charge in [0, 0.05) is 5.92 Å². The van der Waals surface area contributed by atoms with Crippen LogP contribution in [0.2, 0.25) is 0 Å². The summed E-state index contributed by atoms with van der Waals surface area (Å²) in [4.78, 5) is 11.2. The van der Waals surface area contributed by atoms with Crippen molar-refractivity contribution >= 4 is 52.3 Å². The summed E-state index contributed by atoms with van der Waals surface area (Å²) in [5.74, 6) is -0.0426. The van der Waals surface area contributed by atoms with Crippen LogP contribution in [0.3, 0.4) is 0 Å². The topological polar surface area (TPSA) is 17.1 Å².